The molecule has 3 aromatic carbocycles. The molecule has 176 valence electrons. The molecule has 0 aliphatic rings. The summed E-state index contributed by atoms with van der Waals surface area (Å²) in [7, 11) is 0. The van der Waals surface area contributed by atoms with E-state index in [1.807, 2.05) is 68.4 Å². The fraction of sp³-hybridized carbons (Fsp3) is 0.192. The van der Waals surface area contributed by atoms with Gasteiger partial charge in [-0.15, -0.1) is 0 Å². The molecule has 0 heterocycles. The van der Waals surface area contributed by atoms with Crippen molar-refractivity contribution < 1.29 is 14.3 Å². The van der Waals surface area contributed by atoms with Crippen molar-refractivity contribution in [3.8, 4) is 5.75 Å². The molecule has 0 aliphatic carbocycles. The van der Waals surface area contributed by atoms with Gasteiger partial charge in [0.05, 0.1) is 16.3 Å². The third-order valence-electron chi connectivity index (χ3n) is 4.95. The van der Waals surface area contributed by atoms with Crippen LogP contribution in [0.1, 0.15) is 35.3 Å². The molecule has 0 aliphatic heterocycles. The van der Waals surface area contributed by atoms with E-state index in [4.69, 9.17) is 27.9 Å². The normalized spacial score (nSPS) is 11.9. The summed E-state index contributed by atoms with van der Waals surface area (Å²) in [6, 6.07) is 20.9. The Labute approximate surface area is 208 Å². The Morgan fingerprint density at radius 3 is 2.38 bits per heavy atom. The van der Waals surface area contributed by atoms with Crippen LogP contribution in [0.4, 0.5) is 0 Å². The largest absolute Gasteiger partial charge is 0.488 e. The van der Waals surface area contributed by atoms with Gasteiger partial charge in [-0.1, -0.05) is 79.5 Å². The minimum Gasteiger partial charge on any atom is -0.488 e. The first-order valence-corrected chi connectivity index (χ1v) is 11.5. The zero-order valence-electron chi connectivity index (χ0n) is 18.8. The highest BCUT2D eigenvalue weighted by Gasteiger charge is 2.24. The Morgan fingerprint density at radius 1 is 0.971 bits per heavy atom. The molecule has 1 unspecified atom stereocenters. The summed E-state index contributed by atoms with van der Waals surface area (Å²) in [5.74, 6) is -0.417. The lowest BCUT2D eigenvalue weighted by atomic mass is 10.0. The van der Waals surface area contributed by atoms with Crippen molar-refractivity contribution in [1.29, 1.82) is 0 Å². The van der Waals surface area contributed by atoms with Crippen molar-refractivity contribution in [2.45, 2.75) is 26.5 Å². The van der Waals surface area contributed by atoms with Crippen LogP contribution < -0.4 is 15.5 Å². The summed E-state index contributed by atoms with van der Waals surface area (Å²) in [4.78, 5) is 25.3. The van der Waals surface area contributed by atoms with Gasteiger partial charge in [0, 0.05) is 11.1 Å². The van der Waals surface area contributed by atoms with Crippen molar-refractivity contribution >= 4 is 41.2 Å². The second kappa shape index (κ2) is 12.2. The van der Waals surface area contributed by atoms with E-state index in [0.717, 1.165) is 5.56 Å². The summed E-state index contributed by atoms with van der Waals surface area (Å²) < 4.78 is 5.90. The first kappa shape index (κ1) is 25.3. The molecule has 0 spiro atoms. The molecular formula is C26H25Cl2N3O3. The molecule has 1 atom stereocenters. The van der Waals surface area contributed by atoms with Crippen LogP contribution in [0.15, 0.2) is 77.9 Å². The number of nitrogens with zero attached hydrogens (tertiary/aromatic N) is 1. The molecule has 34 heavy (non-hydrogen) atoms. The highest BCUT2D eigenvalue weighted by atomic mass is 35.5. The predicted octanol–water partition coefficient (Wildman–Crippen LogP) is 5.48. The SMILES string of the molecule is CC(C)C(NC(=O)c1ccc(Cl)c(Cl)c1)C(=O)N/N=C/c1ccccc1OCc1ccccc1. The lowest BCUT2D eigenvalue weighted by molar-refractivity contribution is -0.123. The smallest absolute Gasteiger partial charge is 0.262 e. The number of rotatable bonds is 9. The van der Waals surface area contributed by atoms with Gasteiger partial charge in [0.25, 0.3) is 11.8 Å². The number of carbonyl (C=O) groups is 2. The van der Waals surface area contributed by atoms with Crippen LogP contribution in [-0.4, -0.2) is 24.1 Å². The summed E-state index contributed by atoms with van der Waals surface area (Å²) >= 11 is 11.9. The number of benzene rings is 3. The van der Waals surface area contributed by atoms with Gasteiger partial charge in [0.15, 0.2) is 0 Å². The van der Waals surface area contributed by atoms with Gasteiger partial charge < -0.3 is 10.1 Å². The van der Waals surface area contributed by atoms with Gasteiger partial charge in [-0.2, -0.15) is 5.10 Å². The van der Waals surface area contributed by atoms with Crippen molar-refractivity contribution in [3.05, 3.63) is 99.5 Å². The zero-order valence-corrected chi connectivity index (χ0v) is 20.3. The first-order valence-electron chi connectivity index (χ1n) is 10.7. The van der Waals surface area contributed by atoms with E-state index in [-0.39, 0.29) is 10.9 Å². The maximum absolute atomic E-state index is 12.7. The highest BCUT2D eigenvalue weighted by molar-refractivity contribution is 6.42. The summed E-state index contributed by atoms with van der Waals surface area (Å²) in [6.45, 7) is 4.07. The molecule has 8 heteroatoms. The van der Waals surface area contributed by atoms with Crippen LogP contribution in [0.25, 0.3) is 0 Å². The van der Waals surface area contributed by atoms with Crippen molar-refractivity contribution in [2.75, 3.05) is 0 Å². The quantitative estimate of drug-likeness (QED) is 0.303. The Kier molecular flexibility index (Phi) is 9.08. The van der Waals surface area contributed by atoms with Gasteiger partial charge in [-0.05, 0) is 41.8 Å². The second-order valence-corrected chi connectivity index (χ2v) is 8.68. The Balaban J connectivity index is 1.63. The van der Waals surface area contributed by atoms with Gasteiger partial charge in [-0.25, -0.2) is 5.43 Å². The molecule has 0 bridgehead atoms. The number of hydrazone groups is 1. The maximum Gasteiger partial charge on any atom is 0.262 e. The van der Waals surface area contributed by atoms with E-state index in [9.17, 15) is 9.59 Å². The molecule has 0 saturated heterocycles. The molecule has 3 rings (SSSR count). The van der Waals surface area contributed by atoms with E-state index < -0.39 is 17.9 Å². The average Bonchev–Trinajstić information content (AvgIpc) is 2.83. The Morgan fingerprint density at radius 2 is 1.68 bits per heavy atom. The molecule has 3 aromatic rings. The summed E-state index contributed by atoms with van der Waals surface area (Å²) in [5, 5.41) is 7.41. The third-order valence-corrected chi connectivity index (χ3v) is 5.69. The lowest BCUT2D eigenvalue weighted by Gasteiger charge is -2.20. The van der Waals surface area contributed by atoms with Crippen LogP contribution >= 0.6 is 23.2 Å². The van der Waals surface area contributed by atoms with Crippen LogP contribution in [0, 0.1) is 5.92 Å². The van der Waals surface area contributed by atoms with E-state index >= 15 is 0 Å². The van der Waals surface area contributed by atoms with Crippen LogP contribution in [0.2, 0.25) is 10.0 Å². The van der Waals surface area contributed by atoms with Crippen LogP contribution in [0.3, 0.4) is 0 Å². The number of carbonyl (C=O) groups excluding carboxylic acids is 2. The number of hydrogen-bond donors (Lipinski definition) is 2. The molecule has 0 aromatic heterocycles. The predicted molar refractivity (Wildman–Crippen MR) is 136 cm³/mol. The minimum absolute atomic E-state index is 0.177. The van der Waals surface area contributed by atoms with Crippen LogP contribution in [-0.2, 0) is 11.4 Å². The Bertz CT molecular complexity index is 1170. The van der Waals surface area contributed by atoms with E-state index in [1.165, 1.54) is 18.3 Å². The molecule has 6 nitrogen and oxygen atoms in total. The number of para-hydroxylation sites is 1. The van der Waals surface area contributed by atoms with Crippen molar-refractivity contribution in [3.63, 3.8) is 0 Å². The van der Waals surface area contributed by atoms with Crippen LogP contribution in [0.5, 0.6) is 5.75 Å². The fourth-order valence-electron chi connectivity index (χ4n) is 3.09. The van der Waals surface area contributed by atoms with Gasteiger partial charge in [0.1, 0.15) is 18.4 Å². The minimum atomic E-state index is -0.802. The molecule has 2 N–H and O–H groups in total. The number of halogens is 2. The summed E-state index contributed by atoms with van der Waals surface area (Å²) in [6.07, 6.45) is 1.51. The van der Waals surface area contributed by atoms with Gasteiger partial charge in [0.2, 0.25) is 0 Å². The number of hydrogen-bond acceptors (Lipinski definition) is 4. The molecule has 2 amide bonds. The van der Waals surface area contributed by atoms with Crippen molar-refractivity contribution in [1.82, 2.24) is 10.7 Å². The zero-order chi connectivity index (χ0) is 24.5. The highest BCUT2D eigenvalue weighted by Crippen LogP contribution is 2.23. The van der Waals surface area contributed by atoms with Gasteiger partial charge in [-0.3, -0.25) is 9.59 Å². The number of nitrogens with one attached hydrogen (secondary N) is 2. The summed E-state index contributed by atoms with van der Waals surface area (Å²) in [5.41, 5.74) is 4.56. The number of ether oxygens (including phenoxy) is 1. The number of amides is 2. The molecule has 0 fully saturated rings. The average molecular weight is 498 g/mol. The maximum atomic E-state index is 12.7. The van der Waals surface area contributed by atoms with E-state index in [0.29, 0.717) is 28.5 Å². The third kappa shape index (κ3) is 7.07. The standard InChI is InChI=1S/C26H25Cl2N3O3/c1-17(2)24(30-25(32)19-12-13-21(27)22(28)14-19)26(33)31-29-15-20-10-6-7-11-23(20)34-16-18-8-4-3-5-9-18/h3-15,17,24H,16H2,1-2H3,(H,30,32)(H,31,33)/b29-15+. The fourth-order valence-corrected chi connectivity index (χ4v) is 3.38. The monoisotopic (exact) mass is 497 g/mol. The molecule has 0 saturated carbocycles. The van der Waals surface area contributed by atoms with Gasteiger partial charge >= 0.3 is 0 Å². The topological polar surface area (TPSA) is 79.8 Å². The lowest BCUT2D eigenvalue weighted by Crippen LogP contribution is -2.48. The molecular weight excluding hydrogens is 473 g/mol. The second-order valence-electron chi connectivity index (χ2n) is 7.87. The molecule has 0 radical (unpaired) electrons. The van der Waals surface area contributed by atoms with E-state index in [1.54, 1.807) is 6.07 Å². The van der Waals surface area contributed by atoms with Crippen molar-refractivity contribution in [2.24, 2.45) is 11.0 Å². The Hall–Kier alpha value is -3.35. The first-order chi connectivity index (χ1) is 16.3. The van der Waals surface area contributed by atoms with E-state index in [2.05, 4.69) is 15.8 Å².